The van der Waals surface area contributed by atoms with Gasteiger partial charge in [0.15, 0.2) is 9.84 Å². The number of ether oxygens (including phenoxy) is 1. The van der Waals surface area contributed by atoms with Crippen LogP contribution in [0, 0.1) is 0 Å². The molecule has 0 aliphatic carbocycles. The van der Waals surface area contributed by atoms with Crippen molar-refractivity contribution in [1.29, 1.82) is 0 Å². The highest BCUT2D eigenvalue weighted by Crippen LogP contribution is 2.55. The number of unbranched alkanes of at least 4 members (excludes halogenated alkanes) is 5. The van der Waals surface area contributed by atoms with E-state index in [9.17, 15) is 13.2 Å². The van der Waals surface area contributed by atoms with Crippen LogP contribution in [0.4, 0.5) is 11.4 Å². The molecule has 7 heteroatoms. The van der Waals surface area contributed by atoms with Gasteiger partial charge in [-0.3, -0.25) is 4.79 Å². The Morgan fingerprint density at radius 2 is 1.68 bits per heavy atom. The maximum Gasteiger partial charge on any atom is 0.328 e. The van der Waals surface area contributed by atoms with Crippen molar-refractivity contribution in [2.75, 3.05) is 36.2 Å². The summed E-state index contributed by atoms with van der Waals surface area (Å²) >= 11 is 0. The van der Waals surface area contributed by atoms with Gasteiger partial charge in [-0.15, -0.1) is 0 Å². The van der Waals surface area contributed by atoms with Crippen LogP contribution in [0.25, 0.3) is 6.08 Å². The van der Waals surface area contributed by atoms with Gasteiger partial charge < -0.3 is 14.5 Å². The predicted molar refractivity (Wildman–Crippen MR) is 151 cm³/mol. The molecule has 2 heterocycles. The number of nitrogens with zero attached hydrogens (tertiary/aromatic N) is 2. The second-order valence-corrected chi connectivity index (χ2v) is 13.1. The standard InChI is InChI=1S/C30H40N2O4S/c1-6-7-8-9-10-11-20-37(34,35)25-16-17-27-26(21-25)29(2,3)30(32(27)22-28(33)36-30)19-18-23-12-14-24(15-13-23)31(4)5/h12-19,21H,6-11,20,22H2,1-5H3/b19-18+. The molecular weight excluding hydrogens is 484 g/mol. The topological polar surface area (TPSA) is 66.9 Å². The summed E-state index contributed by atoms with van der Waals surface area (Å²) in [4.78, 5) is 16.9. The number of fused-ring (bicyclic) bond motifs is 3. The first-order valence-electron chi connectivity index (χ1n) is 13.4. The van der Waals surface area contributed by atoms with E-state index in [4.69, 9.17) is 4.74 Å². The van der Waals surface area contributed by atoms with Gasteiger partial charge in [0.1, 0.15) is 6.54 Å². The Hall–Kier alpha value is -2.80. The zero-order valence-corrected chi connectivity index (χ0v) is 23.6. The molecule has 0 radical (unpaired) electrons. The van der Waals surface area contributed by atoms with Crippen molar-refractivity contribution in [1.82, 2.24) is 0 Å². The number of sulfone groups is 1. The Bertz CT molecular complexity index is 1260. The lowest BCUT2D eigenvalue weighted by molar-refractivity contribution is -0.147. The van der Waals surface area contributed by atoms with E-state index in [1.54, 1.807) is 12.1 Å². The lowest BCUT2D eigenvalue weighted by Gasteiger charge is -2.38. The van der Waals surface area contributed by atoms with Crippen molar-refractivity contribution in [2.45, 2.75) is 75.3 Å². The first-order chi connectivity index (χ1) is 17.5. The van der Waals surface area contributed by atoms with Gasteiger partial charge in [-0.1, -0.05) is 57.2 Å². The number of carbonyl (C=O) groups excluding carboxylic acids is 1. The van der Waals surface area contributed by atoms with Gasteiger partial charge >= 0.3 is 5.97 Å². The molecule has 2 aromatic rings. The average molecular weight is 525 g/mol. The number of esters is 1. The molecule has 37 heavy (non-hydrogen) atoms. The van der Waals surface area contributed by atoms with Crippen LogP contribution < -0.4 is 9.80 Å². The Labute approximate surface area is 222 Å². The summed E-state index contributed by atoms with van der Waals surface area (Å²) < 4.78 is 32.4. The van der Waals surface area contributed by atoms with E-state index in [-0.39, 0.29) is 18.3 Å². The van der Waals surface area contributed by atoms with Crippen molar-refractivity contribution in [2.24, 2.45) is 0 Å². The SMILES string of the molecule is CCCCCCCCS(=O)(=O)c1ccc2c(c1)C(C)(C)C1(/C=C/c3ccc(N(C)C)cc3)OC(=O)CN21. The van der Waals surface area contributed by atoms with E-state index in [2.05, 4.69) is 6.92 Å². The minimum Gasteiger partial charge on any atom is -0.433 e. The molecule has 0 saturated carbocycles. The van der Waals surface area contributed by atoms with Gasteiger partial charge in [0.05, 0.1) is 16.1 Å². The monoisotopic (exact) mass is 524 g/mol. The van der Waals surface area contributed by atoms with E-state index >= 15 is 0 Å². The maximum atomic E-state index is 13.2. The highest BCUT2D eigenvalue weighted by atomic mass is 32.2. The molecule has 2 aliphatic rings. The molecule has 200 valence electrons. The maximum absolute atomic E-state index is 13.2. The summed E-state index contributed by atoms with van der Waals surface area (Å²) in [5, 5.41) is 0. The van der Waals surface area contributed by atoms with Crippen LogP contribution in [0.5, 0.6) is 0 Å². The lowest BCUT2D eigenvalue weighted by atomic mass is 9.77. The Kier molecular flexibility index (Phi) is 7.75. The average Bonchev–Trinajstić information content (AvgIpc) is 3.29. The molecule has 0 N–H and O–H groups in total. The fraction of sp³-hybridized carbons (Fsp3) is 0.500. The van der Waals surface area contributed by atoms with E-state index in [1.807, 2.05) is 80.2 Å². The minimum atomic E-state index is -3.39. The normalized spacial score (nSPS) is 20.2. The zero-order chi connectivity index (χ0) is 26.8. The molecule has 0 bridgehead atoms. The molecular formula is C30H40N2O4S. The Morgan fingerprint density at radius 3 is 2.35 bits per heavy atom. The van der Waals surface area contributed by atoms with Gasteiger partial charge in [-0.05, 0) is 67.8 Å². The summed E-state index contributed by atoms with van der Waals surface area (Å²) in [5.41, 5.74) is 2.16. The smallest absolute Gasteiger partial charge is 0.328 e. The highest BCUT2D eigenvalue weighted by molar-refractivity contribution is 7.91. The molecule has 6 nitrogen and oxygen atoms in total. The van der Waals surface area contributed by atoms with Crippen molar-refractivity contribution in [3.05, 3.63) is 59.7 Å². The number of carbonyl (C=O) groups is 1. The van der Waals surface area contributed by atoms with Crippen molar-refractivity contribution in [3.63, 3.8) is 0 Å². The van der Waals surface area contributed by atoms with Gasteiger partial charge in [-0.2, -0.15) is 0 Å². The van der Waals surface area contributed by atoms with Crippen LogP contribution >= 0.6 is 0 Å². The molecule has 0 amide bonds. The second kappa shape index (κ2) is 10.5. The third-order valence-corrected chi connectivity index (χ3v) is 9.62. The Morgan fingerprint density at radius 1 is 1.00 bits per heavy atom. The third-order valence-electron chi connectivity index (χ3n) is 7.82. The van der Waals surface area contributed by atoms with E-state index in [0.717, 1.165) is 41.8 Å². The van der Waals surface area contributed by atoms with Gasteiger partial charge in [0.25, 0.3) is 0 Å². The largest absolute Gasteiger partial charge is 0.433 e. The summed E-state index contributed by atoms with van der Waals surface area (Å²) in [5.74, 6) is -0.128. The van der Waals surface area contributed by atoms with Gasteiger partial charge in [-0.25, -0.2) is 8.42 Å². The van der Waals surface area contributed by atoms with Crippen LogP contribution in [0.1, 0.15) is 70.4 Å². The molecule has 0 aromatic heterocycles. The summed E-state index contributed by atoms with van der Waals surface area (Å²) in [6.45, 7) is 6.35. The van der Waals surface area contributed by atoms with Crippen LogP contribution in [-0.2, 0) is 24.8 Å². The van der Waals surface area contributed by atoms with Crippen molar-refractivity contribution < 1.29 is 17.9 Å². The first-order valence-corrected chi connectivity index (χ1v) is 15.0. The first kappa shape index (κ1) is 27.2. The molecule has 1 saturated heterocycles. The molecule has 0 spiro atoms. The van der Waals surface area contributed by atoms with Gasteiger partial charge in [0, 0.05) is 25.5 Å². The number of hydrogen-bond acceptors (Lipinski definition) is 6. The summed E-state index contributed by atoms with van der Waals surface area (Å²) in [6.07, 6.45) is 10.2. The number of anilines is 2. The quantitative estimate of drug-likeness (QED) is 0.267. The number of rotatable bonds is 11. The summed E-state index contributed by atoms with van der Waals surface area (Å²) in [6, 6.07) is 13.5. The van der Waals surface area contributed by atoms with Crippen LogP contribution in [-0.4, -0.2) is 46.5 Å². The predicted octanol–water partition coefficient (Wildman–Crippen LogP) is 5.95. The molecule has 2 aromatic carbocycles. The fourth-order valence-electron chi connectivity index (χ4n) is 5.49. The van der Waals surface area contributed by atoms with Gasteiger partial charge in [0.2, 0.25) is 5.72 Å². The highest BCUT2D eigenvalue weighted by Gasteiger charge is 2.62. The van der Waals surface area contributed by atoms with Crippen LogP contribution in [0.2, 0.25) is 0 Å². The van der Waals surface area contributed by atoms with E-state index in [1.165, 1.54) is 12.8 Å². The van der Waals surface area contributed by atoms with Crippen LogP contribution in [0.15, 0.2) is 53.4 Å². The molecule has 1 unspecified atom stereocenters. The van der Waals surface area contributed by atoms with Crippen molar-refractivity contribution >= 4 is 33.3 Å². The number of benzene rings is 2. The lowest BCUT2D eigenvalue weighted by Crippen LogP contribution is -2.51. The fourth-order valence-corrected chi connectivity index (χ4v) is 6.88. The molecule has 2 aliphatic heterocycles. The molecule has 1 fully saturated rings. The second-order valence-electron chi connectivity index (χ2n) is 11.0. The van der Waals surface area contributed by atoms with E-state index < -0.39 is 21.0 Å². The molecule has 1 atom stereocenters. The minimum absolute atomic E-state index is 0.129. The zero-order valence-electron chi connectivity index (χ0n) is 22.8. The molecule has 4 rings (SSSR count). The summed E-state index contributed by atoms with van der Waals surface area (Å²) in [7, 11) is 0.606. The van der Waals surface area contributed by atoms with Crippen molar-refractivity contribution in [3.8, 4) is 0 Å². The third kappa shape index (κ3) is 5.15. The number of hydrogen-bond donors (Lipinski definition) is 0. The Balaban J connectivity index is 1.60. The van der Waals surface area contributed by atoms with E-state index in [0.29, 0.717) is 11.3 Å². The van der Waals surface area contributed by atoms with Crippen LogP contribution in [0.3, 0.4) is 0 Å².